The van der Waals surface area contributed by atoms with Gasteiger partial charge in [0.2, 0.25) is 0 Å². The van der Waals surface area contributed by atoms with Gasteiger partial charge in [-0.15, -0.1) is 0 Å². The summed E-state index contributed by atoms with van der Waals surface area (Å²) >= 11 is 0. The Bertz CT molecular complexity index is 1780. The summed E-state index contributed by atoms with van der Waals surface area (Å²) in [6.45, 7) is 7.10. The summed E-state index contributed by atoms with van der Waals surface area (Å²) in [5, 5.41) is 10.6. The molecule has 3 N–H and O–H groups in total. The molecule has 0 aromatic heterocycles. The zero-order chi connectivity index (χ0) is 64.2. The molecular weight excluding hydrogens is 1150 g/mol. The van der Waals surface area contributed by atoms with E-state index in [0.717, 1.165) is 109 Å². The fourth-order valence-corrected chi connectivity index (χ4v) is 11.3. The Hall–Kier alpha value is -2.46. The molecule has 87 heavy (non-hydrogen) atoms. The molecule has 0 saturated carbocycles. The van der Waals surface area contributed by atoms with Gasteiger partial charge in [-0.25, -0.2) is 9.13 Å². The highest BCUT2D eigenvalue weighted by molar-refractivity contribution is 7.47. The van der Waals surface area contributed by atoms with E-state index in [1.165, 1.54) is 135 Å². The minimum absolute atomic E-state index is 0.0853. The summed E-state index contributed by atoms with van der Waals surface area (Å²) in [6.07, 6.45) is 49.4. The van der Waals surface area contributed by atoms with Crippen LogP contribution in [0.5, 0.6) is 0 Å². The van der Waals surface area contributed by atoms with Gasteiger partial charge in [0.1, 0.15) is 19.3 Å². The van der Waals surface area contributed by atoms with Gasteiger partial charge >= 0.3 is 39.5 Å². The summed E-state index contributed by atoms with van der Waals surface area (Å²) in [4.78, 5) is 72.3. The standard InChI is InChI=1S/C68H128O17P2/c1-6-9-12-15-18-21-23-25-26-27-29-32-38-43-48-53-67(72)84-63(58-79-66(71)52-47-42-37-31-28-24-22-19-16-13-10-7-2)59-82-86(74,75)80-55-62(69)56-81-87(76,77)83-60-64(57-78-65(70)51-46-41-36-30-20-17-14-11-8-3)85-68(73)54-49-44-39-34-33-35-40-45-50-61(4)5/h21,23,25-26,61-64,69H,6-20,22,24,27-60H2,1-5H3,(H,74,75)(H,76,77)/b23-21-,26-25-/t62-,63-,64-/m1/s1. The summed E-state index contributed by atoms with van der Waals surface area (Å²) in [7, 11) is -9.90. The van der Waals surface area contributed by atoms with E-state index in [0.29, 0.717) is 25.7 Å². The number of unbranched alkanes of at least 4 members (excludes halogenated alkanes) is 35. The minimum Gasteiger partial charge on any atom is -0.462 e. The second kappa shape index (κ2) is 61.1. The van der Waals surface area contributed by atoms with Gasteiger partial charge in [-0.2, -0.15) is 0 Å². The lowest BCUT2D eigenvalue weighted by Crippen LogP contribution is -2.30. The normalized spacial score (nSPS) is 14.3. The first kappa shape index (κ1) is 84.5. The van der Waals surface area contributed by atoms with E-state index >= 15 is 0 Å². The van der Waals surface area contributed by atoms with Crippen molar-refractivity contribution in [3.63, 3.8) is 0 Å². The van der Waals surface area contributed by atoms with Gasteiger partial charge in [-0.1, -0.05) is 271 Å². The number of esters is 4. The van der Waals surface area contributed by atoms with Gasteiger partial charge in [0, 0.05) is 25.7 Å². The van der Waals surface area contributed by atoms with Gasteiger partial charge in [0.25, 0.3) is 0 Å². The van der Waals surface area contributed by atoms with Crippen molar-refractivity contribution in [3.8, 4) is 0 Å². The summed E-state index contributed by atoms with van der Waals surface area (Å²) in [5.74, 6) is -1.44. The van der Waals surface area contributed by atoms with Crippen LogP contribution >= 0.6 is 15.6 Å². The maximum atomic E-state index is 13.0. The third kappa shape index (κ3) is 62.1. The molecule has 0 aromatic carbocycles. The number of hydrogen-bond donors (Lipinski definition) is 3. The number of aliphatic hydroxyl groups excluding tert-OH is 1. The van der Waals surface area contributed by atoms with Crippen LogP contribution in [0.2, 0.25) is 0 Å². The molecule has 0 bridgehead atoms. The van der Waals surface area contributed by atoms with Crippen LogP contribution in [0.15, 0.2) is 24.3 Å². The summed E-state index contributed by atoms with van der Waals surface area (Å²) in [5.41, 5.74) is 0. The predicted octanol–water partition coefficient (Wildman–Crippen LogP) is 18.9. The number of carbonyl (C=O) groups is 4. The number of ether oxygens (including phenoxy) is 4. The molecule has 0 saturated heterocycles. The van der Waals surface area contributed by atoms with E-state index in [4.69, 9.17) is 37.0 Å². The fraction of sp³-hybridized carbons (Fsp3) is 0.882. The maximum absolute atomic E-state index is 13.0. The predicted molar refractivity (Wildman–Crippen MR) is 349 cm³/mol. The smallest absolute Gasteiger partial charge is 0.462 e. The van der Waals surface area contributed by atoms with Crippen molar-refractivity contribution in [3.05, 3.63) is 24.3 Å². The van der Waals surface area contributed by atoms with Crippen LogP contribution in [0.1, 0.15) is 324 Å². The van der Waals surface area contributed by atoms with Crippen LogP contribution < -0.4 is 0 Å². The van der Waals surface area contributed by atoms with Gasteiger partial charge in [-0.3, -0.25) is 37.3 Å². The second-order valence-electron chi connectivity index (χ2n) is 24.4. The first-order valence-electron chi connectivity index (χ1n) is 35.0. The molecule has 0 aliphatic carbocycles. The Morgan fingerprint density at radius 3 is 0.943 bits per heavy atom. The summed E-state index contributed by atoms with van der Waals surface area (Å²) < 4.78 is 68.1. The highest BCUT2D eigenvalue weighted by Crippen LogP contribution is 2.45. The first-order valence-corrected chi connectivity index (χ1v) is 37.9. The van der Waals surface area contributed by atoms with Crippen molar-refractivity contribution in [2.75, 3.05) is 39.6 Å². The average Bonchev–Trinajstić information content (AvgIpc) is 3.67. The molecule has 0 aliphatic heterocycles. The number of carbonyl (C=O) groups excluding carboxylic acids is 4. The molecule has 512 valence electrons. The van der Waals surface area contributed by atoms with Crippen molar-refractivity contribution in [1.82, 2.24) is 0 Å². The van der Waals surface area contributed by atoms with E-state index in [9.17, 15) is 43.2 Å². The maximum Gasteiger partial charge on any atom is 0.472 e. The van der Waals surface area contributed by atoms with Crippen LogP contribution in [-0.2, 0) is 65.4 Å². The number of allylic oxidation sites excluding steroid dienone is 4. The van der Waals surface area contributed by atoms with Gasteiger partial charge < -0.3 is 33.8 Å². The van der Waals surface area contributed by atoms with Gasteiger partial charge in [0.05, 0.1) is 26.4 Å². The van der Waals surface area contributed by atoms with Crippen LogP contribution in [0, 0.1) is 5.92 Å². The highest BCUT2D eigenvalue weighted by Gasteiger charge is 2.30. The van der Waals surface area contributed by atoms with E-state index < -0.39 is 97.5 Å². The number of hydrogen-bond acceptors (Lipinski definition) is 15. The number of rotatable bonds is 66. The lowest BCUT2D eigenvalue weighted by molar-refractivity contribution is -0.161. The number of aliphatic hydroxyl groups is 1. The Kier molecular flexibility index (Phi) is 59.3. The lowest BCUT2D eigenvalue weighted by Gasteiger charge is -2.21. The van der Waals surface area contributed by atoms with Crippen molar-refractivity contribution < 1.29 is 80.2 Å². The van der Waals surface area contributed by atoms with Gasteiger partial charge in [0.15, 0.2) is 12.2 Å². The molecule has 0 amide bonds. The monoisotopic (exact) mass is 1280 g/mol. The number of phosphoric ester groups is 2. The number of phosphoric acid groups is 2. The Morgan fingerprint density at radius 1 is 0.356 bits per heavy atom. The van der Waals surface area contributed by atoms with E-state index in [1.807, 2.05) is 0 Å². The Morgan fingerprint density at radius 2 is 0.621 bits per heavy atom. The zero-order valence-corrected chi connectivity index (χ0v) is 57.4. The molecule has 0 rings (SSSR count). The Labute approximate surface area is 529 Å². The van der Waals surface area contributed by atoms with Crippen LogP contribution in [0.4, 0.5) is 0 Å². The molecule has 0 aliphatic rings. The second-order valence-corrected chi connectivity index (χ2v) is 27.3. The fourth-order valence-electron chi connectivity index (χ4n) is 9.75. The topological polar surface area (TPSA) is 237 Å². The van der Waals surface area contributed by atoms with Crippen LogP contribution in [0.3, 0.4) is 0 Å². The molecule has 2 unspecified atom stereocenters. The third-order valence-corrected chi connectivity index (χ3v) is 17.1. The van der Waals surface area contributed by atoms with Crippen molar-refractivity contribution in [1.29, 1.82) is 0 Å². The molecule has 0 spiro atoms. The lowest BCUT2D eigenvalue weighted by atomic mass is 10.0. The molecule has 5 atom stereocenters. The van der Waals surface area contributed by atoms with E-state index in [1.54, 1.807) is 0 Å². The van der Waals surface area contributed by atoms with Crippen molar-refractivity contribution in [2.24, 2.45) is 5.92 Å². The minimum atomic E-state index is -4.96. The largest absolute Gasteiger partial charge is 0.472 e. The molecule has 19 heteroatoms. The Balaban J connectivity index is 5.28. The zero-order valence-electron chi connectivity index (χ0n) is 55.6. The molecular formula is C68H128O17P2. The SMILES string of the molecule is CCCCCC/C=C\C=C/CCCCCCCC(=O)O[C@H](COC(=O)CCCCCCCCCCCCCC)COP(=O)(O)OC[C@@H](O)COP(=O)(O)OC[C@@H](COC(=O)CCCCCCCCCCC)OC(=O)CCCCCCCCCCC(C)C. The molecule has 0 fully saturated rings. The average molecular weight is 1280 g/mol. The molecule has 0 aromatic rings. The molecule has 0 heterocycles. The van der Waals surface area contributed by atoms with E-state index in [-0.39, 0.29) is 25.7 Å². The van der Waals surface area contributed by atoms with Crippen molar-refractivity contribution >= 4 is 39.5 Å². The summed E-state index contributed by atoms with van der Waals surface area (Å²) in [6, 6.07) is 0. The van der Waals surface area contributed by atoms with E-state index in [2.05, 4.69) is 58.9 Å². The van der Waals surface area contributed by atoms with Gasteiger partial charge in [-0.05, 0) is 57.3 Å². The van der Waals surface area contributed by atoms with Crippen LogP contribution in [-0.4, -0.2) is 96.7 Å². The molecule has 0 radical (unpaired) electrons. The molecule has 17 nitrogen and oxygen atoms in total. The quantitative estimate of drug-likeness (QED) is 0.0169. The third-order valence-electron chi connectivity index (χ3n) is 15.2. The first-order chi connectivity index (χ1) is 42.0. The van der Waals surface area contributed by atoms with Crippen LogP contribution in [0.25, 0.3) is 0 Å². The van der Waals surface area contributed by atoms with Crippen molar-refractivity contribution in [2.45, 2.75) is 342 Å². The highest BCUT2D eigenvalue weighted by atomic mass is 31.2.